The molecule has 12 nitrogen and oxygen atoms in total. The summed E-state index contributed by atoms with van der Waals surface area (Å²) in [5, 5.41) is 26.7. The van der Waals surface area contributed by atoms with E-state index in [-0.39, 0.29) is 69.9 Å². The van der Waals surface area contributed by atoms with Crippen LogP contribution in [0.3, 0.4) is 0 Å². The first-order valence-electron chi connectivity index (χ1n) is 6.44. The first-order valence-corrected chi connectivity index (χ1v) is 8.79. The summed E-state index contributed by atoms with van der Waals surface area (Å²) in [7, 11) is -5.03. The number of amides is 1. The van der Waals surface area contributed by atoms with Gasteiger partial charge in [-0.1, -0.05) is 5.16 Å². The van der Waals surface area contributed by atoms with Crippen molar-refractivity contribution < 1.29 is 96.7 Å². The first kappa shape index (κ1) is 28.9. The molecule has 16 heteroatoms. The van der Waals surface area contributed by atoms with Crippen LogP contribution in [0.25, 0.3) is 0 Å². The third-order valence-electron chi connectivity index (χ3n) is 2.61. The summed E-state index contributed by atoms with van der Waals surface area (Å²) in [6.45, 7) is 1.31. The average Bonchev–Trinajstić information content (AvgIpc) is 2.89. The van der Waals surface area contributed by atoms with E-state index in [0.29, 0.717) is 0 Å². The van der Waals surface area contributed by atoms with Crippen LogP contribution in [0.4, 0.5) is 5.13 Å². The number of aliphatic hydroxyl groups excluding tert-OH is 1. The minimum atomic E-state index is -5.03. The van der Waals surface area contributed by atoms with Gasteiger partial charge in [-0.25, -0.2) is 13.4 Å². The molecule has 0 spiro atoms. The van der Waals surface area contributed by atoms with Crippen molar-refractivity contribution in [1.82, 2.24) is 10.3 Å². The van der Waals surface area contributed by atoms with Crippen LogP contribution in [-0.4, -0.2) is 58.2 Å². The molecule has 0 aromatic carbocycles. The zero-order valence-electron chi connectivity index (χ0n) is 15.0. The number of aliphatic carboxylic acids is 1. The zero-order chi connectivity index (χ0) is 19.4. The van der Waals surface area contributed by atoms with Gasteiger partial charge in [0.1, 0.15) is 15.8 Å². The molecule has 0 saturated carbocycles. The Morgan fingerprint density at radius 3 is 2.44 bits per heavy atom. The van der Waals surface area contributed by atoms with Gasteiger partial charge in [0, 0.05) is 5.38 Å². The second kappa shape index (κ2) is 11.6. The van der Waals surface area contributed by atoms with E-state index in [1.165, 1.54) is 5.38 Å². The van der Waals surface area contributed by atoms with Crippen molar-refractivity contribution in [2.24, 2.45) is 5.16 Å². The zero-order valence-corrected chi connectivity index (χ0v) is 20.6. The number of hydrogen-bond donors (Lipinski definition) is 3. The molecule has 1 aromatic heterocycles. The molecule has 4 N–H and O–H groups in total. The summed E-state index contributed by atoms with van der Waals surface area (Å²) in [6, 6.07) is 0. The van der Waals surface area contributed by atoms with Crippen molar-refractivity contribution in [3.8, 4) is 0 Å². The van der Waals surface area contributed by atoms with Gasteiger partial charge in [-0.3, -0.25) is 4.79 Å². The number of carbonyl (C=O) groups excluding carboxylic acids is 2. The van der Waals surface area contributed by atoms with E-state index in [4.69, 9.17) is 15.7 Å². The van der Waals surface area contributed by atoms with E-state index >= 15 is 0 Å². The van der Waals surface area contributed by atoms with E-state index in [1.807, 2.05) is 5.32 Å². The Labute approximate surface area is 202 Å². The molecule has 27 heavy (non-hydrogen) atoms. The van der Waals surface area contributed by atoms with E-state index in [2.05, 4.69) is 10.1 Å². The van der Waals surface area contributed by atoms with Crippen molar-refractivity contribution in [2.45, 2.75) is 24.9 Å². The van der Waals surface area contributed by atoms with Crippen molar-refractivity contribution in [2.75, 3.05) is 12.3 Å². The maximum Gasteiger partial charge on any atom is 1.00 e. The summed E-state index contributed by atoms with van der Waals surface area (Å²) < 4.78 is 31.8. The van der Waals surface area contributed by atoms with Crippen LogP contribution in [0.15, 0.2) is 10.5 Å². The van der Waals surface area contributed by atoms with Gasteiger partial charge in [0.2, 0.25) is 0 Å². The third-order valence-corrected chi connectivity index (χ3v) is 4.11. The quantitative estimate of drug-likeness (QED) is 0.150. The number of aromatic nitrogens is 1. The van der Waals surface area contributed by atoms with Gasteiger partial charge in [0.15, 0.2) is 21.9 Å². The molecule has 1 aromatic rings. The summed E-state index contributed by atoms with van der Waals surface area (Å²) in [5.41, 5.74) is 0.548. The molecule has 0 aliphatic carbocycles. The van der Waals surface area contributed by atoms with Crippen molar-refractivity contribution >= 4 is 44.2 Å². The van der Waals surface area contributed by atoms with Gasteiger partial charge in [0.05, 0.1) is 12.5 Å². The fraction of sp³-hybridized carbons (Fsp3) is 0.455. The number of nitrogens with one attached hydrogen (secondary N) is 1. The van der Waals surface area contributed by atoms with Crippen LogP contribution in [0.1, 0.15) is 19.5 Å². The van der Waals surface area contributed by atoms with E-state index in [9.17, 15) is 27.7 Å². The molecule has 0 saturated heterocycles. The summed E-state index contributed by atoms with van der Waals surface area (Å²) >= 11 is 0.945. The number of carbonyl (C=O) groups is 2. The molecule has 0 aliphatic rings. The number of anilines is 1. The van der Waals surface area contributed by atoms with E-state index in [0.717, 1.165) is 25.2 Å². The Morgan fingerprint density at radius 1 is 1.48 bits per heavy atom. The second-order valence-electron chi connectivity index (χ2n) is 5.06. The van der Waals surface area contributed by atoms with Gasteiger partial charge in [0.25, 0.3) is 5.91 Å². The van der Waals surface area contributed by atoms with Crippen molar-refractivity contribution in [3.05, 3.63) is 11.1 Å². The number of thiazole rings is 1. The number of hydrogen-bond acceptors (Lipinski definition) is 12. The fourth-order valence-electron chi connectivity index (χ4n) is 1.16. The van der Waals surface area contributed by atoms with Crippen LogP contribution in [0.2, 0.25) is 0 Å². The summed E-state index contributed by atoms with van der Waals surface area (Å²) in [5.74, 6) is -2.69. The number of aliphatic hydroxyl groups is 1. The minimum absolute atomic E-state index is 0. The van der Waals surface area contributed by atoms with Crippen LogP contribution in [0.5, 0.6) is 0 Å². The normalized spacial score (nSPS) is 13.0. The molecule has 1 unspecified atom stereocenters. The number of rotatable bonds is 8. The SMILES string of the molecule is CC(C)(O/N=C(\C(=O)NCC(O)S(=O)(=O)[O-])c1csc(N)n1)C(=O)[O-].[Na+].[Na+]. The first-order chi connectivity index (χ1) is 11.3. The van der Waals surface area contributed by atoms with Crippen molar-refractivity contribution in [1.29, 1.82) is 0 Å². The van der Waals surface area contributed by atoms with Crippen LogP contribution in [-0.2, 0) is 24.5 Å². The summed E-state index contributed by atoms with van der Waals surface area (Å²) in [4.78, 5) is 31.5. The van der Waals surface area contributed by atoms with Crippen LogP contribution in [0, 0.1) is 0 Å². The minimum Gasteiger partial charge on any atom is -0.746 e. The molecule has 140 valence electrons. The molecule has 0 bridgehead atoms. The predicted octanol–water partition coefficient (Wildman–Crippen LogP) is -9.04. The van der Waals surface area contributed by atoms with Gasteiger partial charge in [-0.15, -0.1) is 11.3 Å². The third kappa shape index (κ3) is 9.17. The number of nitrogen functional groups attached to an aromatic ring is 1. The van der Waals surface area contributed by atoms with Gasteiger partial charge >= 0.3 is 59.1 Å². The molecule has 0 aliphatic heterocycles. The number of carboxylic acid groups (broad SMARTS) is 1. The molecule has 0 radical (unpaired) electrons. The topological polar surface area (TPSA) is 207 Å². The van der Waals surface area contributed by atoms with Crippen LogP contribution < -0.4 is 75.3 Å². The standard InChI is InChI=1S/C11H16N4O8S2.2Na/c1-11(2,9(18)19)23-15-7(5-4-24-10(12)14-5)8(17)13-3-6(16)25(20,21)22;;/h4,6,16H,3H2,1-2H3,(H2,12,14)(H,13,17)(H,18,19)(H,20,21,22);;/q;2*+1/p-2/b15-7-;;. The maximum atomic E-state index is 12.1. The molecule has 1 rings (SSSR count). The molecule has 1 amide bonds. The average molecular weight is 440 g/mol. The maximum absolute atomic E-state index is 12.1. The Bertz CT molecular complexity index is 796. The van der Waals surface area contributed by atoms with E-state index in [1.54, 1.807) is 0 Å². The van der Waals surface area contributed by atoms with Crippen molar-refractivity contribution in [3.63, 3.8) is 0 Å². The Morgan fingerprint density at radius 2 is 2.04 bits per heavy atom. The molecule has 1 atom stereocenters. The molecular weight excluding hydrogens is 426 g/mol. The Kier molecular flexibility index (Phi) is 12.5. The smallest absolute Gasteiger partial charge is 0.746 e. The largest absolute Gasteiger partial charge is 1.00 e. The molecular formula is C11H14N4Na2O8S2. The van der Waals surface area contributed by atoms with Gasteiger partial charge < -0.3 is 35.4 Å². The van der Waals surface area contributed by atoms with E-state index < -0.39 is 45.3 Å². The number of nitrogens with zero attached hydrogens (tertiary/aromatic N) is 2. The fourth-order valence-corrected chi connectivity index (χ4v) is 2.00. The number of oxime groups is 1. The van der Waals surface area contributed by atoms with Gasteiger partial charge in [-0.05, 0) is 13.8 Å². The Hall–Kier alpha value is -0.290. The second-order valence-corrected chi connectivity index (χ2v) is 7.48. The number of nitrogens with two attached hydrogens (primary N) is 1. The summed E-state index contributed by atoms with van der Waals surface area (Å²) in [6.07, 6.45) is 0. The van der Waals surface area contributed by atoms with Crippen LogP contribution >= 0.6 is 11.3 Å². The number of carboxylic acids is 1. The van der Waals surface area contributed by atoms with Gasteiger partial charge in [-0.2, -0.15) is 0 Å². The molecule has 0 fully saturated rings. The monoisotopic (exact) mass is 440 g/mol. The molecule has 1 heterocycles. The predicted molar refractivity (Wildman–Crippen MR) is 81.9 cm³/mol. The Balaban J connectivity index is 0.